The number of anilines is 1. The van der Waals surface area contributed by atoms with Crippen molar-refractivity contribution in [3.8, 4) is 0 Å². The fourth-order valence-electron chi connectivity index (χ4n) is 3.14. The van der Waals surface area contributed by atoms with Gasteiger partial charge in [-0.25, -0.2) is 0 Å². The third-order valence-electron chi connectivity index (χ3n) is 4.23. The van der Waals surface area contributed by atoms with E-state index < -0.39 is 5.97 Å². The molecule has 110 valence electrons. The summed E-state index contributed by atoms with van der Waals surface area (Å²) in [5.41, 5.74) is 7.85. The topological polar surface area (TPSA) is 96.2 Å². The van der Waals surface area contributed by atoms with Crippen LogP contribution in [0.25, 0.3) is 0 Å². The van der Waals surface area contributed by atoms with Crippen LogP contribution in [-0.4, -0.2) is 16.1 Å². The van der Waals surface area contributed by atoms with Crippen molar-refractivity contribution in [3.05, 3.63) is 27.2 Å². The van der Waals surface area contributed by atoms with Gasteiger partial charge < -0.3 is 15.8 Å². The summed E-state index contributed by atoms with van der Waals surface area (Å²) in [5, 5.41) is 9.05. The van der Waals surface area contributed by atoms with Crippen LogP contribution < -0.4 is 11.3 Å². The minimum absolute atomic E-state index is 0.0884. The van der Waals surface area contributed by atoms with E-state index in [9.17, 15) is 9.59 Å². The van der Waals surface area contributed by atoms with Crippen LogP contribution in [0.15, 0.2) is 4.79 Å². The number of aryl methyl sites for hydroxylation is 1. The van der Waals surface area contributed by atoms with E-state index in [-0.39, 0.29) is 17.7 Å². The summed E-state index contributed by atoms with van der Waals surface area (Å²) in [7, 11) is 0. The number of nitrogens with one attached hydrogen (secondary N) is 1. The molecule has 5 nitrogen and oxygen atoms in total. The molecule has 0 bridgehead atoms. The predicted molar refractivity (Wildman–Crippen MR) is 77.8 cm³/mol. The maximum Gasteiger partial charge on any atom is 0.307 e. The lowest BCUT2D eigenvalue weighted by molar-refractivity contribution is -0.136. The van der Waals surface area contributed by atoms with Crippen molar-refractivity contribution in [1.29, 1.82) is 0 Å². The van der Waals surface area contributed by atoms with Crippen LogP contribution in [0.3, 0.4) is 0 Å². The van der Waals surface area contributed by atoms with E-state index in [1.165, 1.54) is 19.3 Å². The van der Waals surface area contributed by atoms with Gasteiger partial charge in [-0.15, -0.1) is 0 Å². The Kier molecular flexibility index (Phi) is 4.47. The van der Waals surface area contributed by atoms with Crippen molar-refractivity contribution in [2.45, 2.75) is 51.9 Å². The van der Waals surface area contributed by atoms with E-state index in [4.69, 9.17) is 10.8 Å². The second kappa shape index (κ2) is 6.11. The van der Waals surface area contributed by atoms with E-state index in [0.717, 1.165) is 24.8 Å². The lowest BCUT2D eigenvalue weighted by atomic mass is 9.83. The number of pyridine rings is 1. The zero-order chi connectivity index (χ0) is 14.7. The largest absolute Gasteiger partial charge is 0.481 e. The zero-order valence-electron chi connectivity index (χ0n) is 11.9. The van der Waals surface area contributed by atoms with E-state index in [0.29, 0.717) is 17.2 Å². The fraction of sp³-hybridized carbons (Fsp3) is 0.600. The summed E-state index contributed by atoms with van der Waals surface area (Å²) in [6.07, 6.45) is 6.59. The second-order valence-electron chi connectivity index (χ2n) is 5.73. The normalized spacial score (nSPS) is 16.2. The van der Waals surface area contributed by atoms with Crippen molar-refractivity contribution in [2.75, 3.05) is 5.73 Å². The zero-order valence-corrected chi connectivity index (χ0v) is 11.9. The van der Waals surface area contributed by atoms with Crippen LogP contribution in [0.1, 0.15) is 48.9 Å². The van der Waals surface area contributed by atoms with Gasteiger partial charge in [0.15, 0.2) is 0 Å². The number of H-pyrrole nitrogens is 1. The molecule has 5 heteroatoms. The molecule has 4 N–H and O–H groups in total. The molecule has 1 heterocycles. The van der Waals surface area contributed by atoms with Gasteiger partial charge in [-0.1, -0.05) is 32.1 Å². The summed E-state index contributed by atoms with van der Waals surface area (Å²) >= 11 is 0. The predicted octanol–water partition coefficient (Wildman–Crippen LogP) is 2.02. The highest BCUT2D eigenvalue weighted by molar-refractivity contribution is 5.72. The van der Waals surface area contributed by atoms with Crippen LogP contribution in [0.2, 0.25) is 0 Å². The number of carboxylic acid groups (broad SMARTS) is 1. The van der Waals surface area contributed by atoms with Crippen molar-refractivity contribution in [3.63, 3.8) is 0 Å². The molecule has 0 aromatic carbocycles. The Bertz CT molecular complexity index is 557. The molecule has 1 aromatic heterocycles. The number of hydrogen-bond acceptors (Lipinski definition) is 3. The molecule has 1 aromatic rings. The van der Waals surface area contributed by atoms with Gasteiger partial charge >= 0.3 is 5.97 Å². The van der Waals surface area contributed by atoms with Crippen LogP contribution >= 0.6 is 0 Å². The van der Waals surface area contributed by atoms with Gasteiger partial charge in [0.05, 0.1) is 6.42 Å². The highest BCUT2D eigenvalue weighted by Gasteiger charge is 2.21. The molecule has 0 aliphatic heterocycles. The first-order valence-electron chi connectivity index (χ1n) is 7.21. The first-order valence-corrected chi connectivity index (χ1v) is 7.21. The molecule has 1 saturated carbocycles. The monoisotopic (exact) mass is 278 g/mol. The standard InChI is InChI=1S/C15H22N2O3/c1-9-11(8-13(18)19)12(14(16)15(20)17-9)7-10-5-3-2-4-6-10/h10H,2-8,16H2,1H3,(H,17,20)(H,18,19). The Morgan fingerprint density at radius 3 is 2.55 bits per heavy atom. The lowest BCUT2D eigenvalue weighted by Gasteiger charge is -2.23. The molecule has 2 rings (SSSR count). The van der Waals surface area contributed by atoms with E-state index >= 15 is 0 Å². The number of rotatable bonds is 4. The Morgan fingerprint density at radius 2 is 1.95 bits per heavy atom. The molecule has 0 spiro atoms. The number of carboxylic acids is 1. The van der Waals surface area contributed by atoms with Crippen LogP contribution in [-0.2, 0) is 17.6 Å². The number of nitrogen functional groups attached to an aromatic ring is 1. The summed E-state index contributed by atoms with van der Waals surface area (Å²) in [4.78, 5) is 25.5. The SMILES string of the molecule is Cc1[nH]c(=O)c(N)c(CC2CCCCC2)c1CC(=O)O. The van der Waals surface area contributed by atoms with Crippen molar-refractivity contribution in [2.24, 2.45) is 5.92 Å². The molecule has 0 unspecified atom stereocenters. The van der Waals surface area contributed by atoms with Gasteiger partial charge in [-0.05, 0) is 30.4 Å². The molecule has 0 atom stereocenters. The summed E-state index contributed by atoms with van der Waals surface area (Å²) in [5.74, 6) is -0.385. The highest BCUT2D eigenvalue weighted by atomic mass is 16.4. The fourth-order valence-corrected chi connectivity index (χ4v) is 3.14. The van der Waals surface area contributed by atoms with Gasteiger partial charge in [0.25, 0.3) is 5.56 Å². The maximum absolute atomic E-state index is 11.8. The van der Waals surface area contributed by atoms with Gasteiger partial charge in [0.2, 0.25) is 0 Å². The van der Waals surface area contributed by atoms with Crippen LogP contribution in [0, 0.1) is 12.8 Å². The quantitative estimate of drug-likeness (QED) is 0.785. The molecular weight excluding hydrogens is 256 g/mol. The molecular formula is C15H22N2O3. The Morgan fingerprint density at radius 1 is 1.30 bits per heavy atom. The Hall–Kier alpha value is -1.78. The Labute approximate surface area is 118 Å². The van der Waals surface area contributed by atoms with Crippen molar-refractivity contribution < 1.29 is 9.90 Å². The van der Waals surface area contributed by atoms with Gasteiger partial charge in [0, 0.05) is 5.69 Å². The summed E-state index contributed by atoms with van der Waals surface area (Å²) in [6.45, 7) is 1.74. The molecule has 0 radical (unpaired) electrons. The van der Waals surface area contributed by atoms with Gasteiger partial charge in [-0.2, -0.15) is 0 Å². The highest BCUT2D eigenvalue weighted by Crippen LogP contribution is 2.29. The van der Waals surface area contributed by atoms with Gasteiger partial charge in [-0.3, -0.25) is 9.59 Å². The van der Waals surface area contributed by atoms with E-state index in [1.54, 1.807) is 6.92 Å². The average molecular weight is 278 g/mol. The average Bonchev–Trinajstić information content (AvgIpc) is 2.41. The molecule has 1 fully saturated rings. The number of hydrogen-bond donors (Lipinski definition) is 3. The third-order valence-corrected chi connectivity index (χ3v) is 4.23. The lowest BCUT2D eigenvalue weighted by Crippen LogP contribution is -2.22. The molecule has 1 aliphatic rings. The van der Waals surface area contributed by atoms with Crippen molar-refractivity contribution in [1.82, 2.24) is 4.98 Å². The van der Waals surface area contributed by atoms with Crippen LogP contribution in [0.4, 0.5) is 5.69 Å². The first kappa shape index (κ1) is 14.6. The third kappa shape index (κ3) is 3.21. The van der Waals surface area contributed by atoms with E-state index in [2.05, 4.69) is 4.98 Å². The van der Waals surface area contributed by atoms with Crippen molar-refractivity contribution >= 4 is 11.7 Å². The maximum atomic E-state index is 11.8. The Balaban J connectivity index is 2.36. The number of aliphatic carboxylic acids is 1. The molecule has 20 heavy (non-hydrogen) atoms. The molecule has 0 amide bonds. The number of carbonyl (C=O) groups is 1. The number of aromatic amines is 1. The minimum Gasteiger partial charge on any atom is -0.481 e. The van der Waals surface area contributed by atoms with Crippen LogP contribution in [0.5, 0.6) is 0 Å². The molecule has 1 aliphatic carbocycles. The van der Waals surface area contributed by atoms with Gasteiger partial charge in [0.1, 0.15) is 5.69 Å². The second-order valence-corrected chi connectivity index (χ2v) is 5.73. The summed E-state index contributed by atoms with van der Waals surface area (Å²) < 4.78 is 0. The smallest absolute Gasteiger partial charge is 0.307 e. The number of nitrogens with two attached hydrogens (primary N) is 1. The minimum atomic E-state index is -0.899. The van der Waals surface area contributed by atoms with E-state index in [1.807, 2.05) is 0 Å². The first-order chi connectivity index (χ1) is 9.49. The summed E-state index contributed by atoms with van der Waals surface area (Å²) in [6, 6.07) is 0. The molecule has 0 saturated heterocycles. The number of aromatic nitrogens is 1.